The Balaban J connectivity index is 7.68. The molecule has 4 nitrogen and oxygen atoms in total. The van der Waals surface area contributed by atoms with Crippen molar-refractivity contribution in [3.05, 3.63) is 0 Å². The number of hydrogen-bond donors (Lipinski definition) is 0. The van der Waals surface area contributed by atoms with E-state index in [4.69, 9.17) is 0 Å². The van der Waals surface area contributed by atoms with Gasteiger partial charge in [-0.3, -0.25) is 9.59 Å². The van der Waals surface area contributed by atoms with Crippen LogP contribution >= 0.6 is 0 Å². The van der Waals surface area contributed by atoms with Crippen molar-refractivity contribution in [3.8, 4) is 0 Å². The Labute approximate surface area is 312 Å². The second kappa shape index (κ2) is 15.2. The van der Waals surface area contributed by atoms with Gasteiger partial charge in [-0.25, -0.2) is 0 Å². The molecule has 61 heavy (non-hydrogen) atoms. The van der Waals surface area contributed by atoms with Crippen molar-refractivity contribution in [2.45, 2.75) is 108 Å². The van der Waals surface area contributed by atoms with E-state index < -0.39 is 132 Å². The van der Waals surface area contributed by atoms with E-state index in [0.29, 0.717) is 14.1 Å². The molecule has 37 heteroatoms. The number of alkyl halides is 33. The number of carbonyl (C=O) groups excluding carboxylic acids is 2. The van der Waals surface area contributed by atoms with Crippen molar-refractivity contribution in [1.82, 2.24) is 0 Å². The van der Waals surface area contributed by atoms with E-state index >= 15 is 0 Å². The summed E-state index contributed by atoms with van der Waals surface area (Å²) >= 11 is 0. The Morgan fingerprint density at radius 1 is 0.377 bits per heavy atom. The molecule has 0 amide bonds. The van der Waals surface area contributed by atoms with E-state index in [-0.39, 0.29) is 6.29 Å². The highest BCUT2D eigenvalue weighted by Gasteiger charge is 3.01. The van der Waals surface area contributed by atoms with Gasteiger partial charge in [0, 0.05) is 0 Å². The lowest BCUT2D eigenvalue weighted by molar-refractivity contribution is -0.884. The molecular formula is C24H15F33NO3+. The molecular weight excluding hydrogens is 977 g/mol. The maximum atomic E-state index is 14.4. The molecule has 0 aromatic carbocycles. The van der Waals surface area contributed by atoms with Crippen molar-refractivity contribution in [2.75, 3.05) is 27.2 Å². The summed E-state index contributed by atoms with van der Waals surface area (Å²) in [5, 5.41) is 0. The van der Waals surface area contributed by atoms with Gasteiger partial charge >= 0.3 is 95.0 Å². The lowest BCUT2D eigenvalue weighted by Crippen LogP contribution is -2.80. The van der Waals surface area contributed by atoms with E-state index in [9.17, 15) is 154 Å². The summed E-state index contributed by atoms with van der Waals surface area (Å²) in [4.78, 5) is 21.1. The molecule has 0 radical (unpaired) electrons. The van der Waals surface area contributed by atoms with Crippen LogP contribution in [0.3, 0.4) is 0 Å². The van der Waals surface area contributed by atoms with E-state index in [0.717, 1.165) is 0 Å². The summed E-state index contributed by atoms with van der Waals surface area (Å²) in [6.07, 6.45) is -15.1. The van der Waals surface area contributed by atoms with Crippen LogP contribution in [-0.4, -0.2) is 146 Å². The normalized spacial score (nSPS) is 17.0. The highest BCUT2D eigenvalue weighted by Crippen LogP contribution is 2.70. The molecule has 0 heterocycles. The fraction of sp³-hybridized carbons (Fsp3) is 0.917. The van der Waals surface area contributed by atoms with Crippen molar-refractivity contribution in [2.24, 2.45) is 0 Å². The smallest absolute Gasteiger partial charge is 0.458 e. The third-order valence-corrected chi connectivity index (χ3v) is 7.94. The predicted octanol–water partition coefficient (Wildman–Crippen LogP) is 10.3. The van der Waals surface area contributed by atoms with Gasteiger partial charge in [0.2, 0.25) is 0 Å². The Morgan fingerprint density at radius 2 is 0.590 bits per heavy atom. The maximum Gasteiger partial charge on any atom is 0.460 e. The summed E-state index contributed by atoms with van der Waals surface area (Å²) in [5.74, 6) is -144. The molecule has 1 atom stereocenters. The molecule has 364 valence electrons. The van der Waals surface area contributed by atoms with Crippen LogP contribution in [0.1, 0.15) is 6.42 Å². The largest absolute Gasteiger partial charge is 0.460 e. The minimum Gasteiger partial charge on any atom is -0.458 e. The zero-order chi connectivity index (χ0) is 50.3. The van der Waals surface area contributed by atoms with Gasteiger partial charge in [-0.1, -0.05) is 0 Å². The van der Waals surface area contributed by atoms with E-state index in [2.05, 4.69) is 4.74 Å². The fourth-order valence-electron chi connectivity index (χ4n) is 4.25. The second-order valence-electron chi connectivity index (χ2n) is 12.8. The summed E-state index contributed by atoms with van der Waals surface area (Å²) in [6.45, 7) is -3.47. The standard InChI is InChI=1S/C24H15F33NO3/c1-58(2,3-4-59)6-8(61-7-60)5-9(25,26)10(27,28)11(29,30)12(31,32)13(33,34)14(35,36)15(37,38)16(39,40)17(41,42)18(43,44)19(45,46)20(47,48)21(49,50)22(51,52)23(53,54)24(55,56)57/h4,7-8H,3,5-6H2,1-2H3/q+1. The average molecular weight is 992 g/mol. The number of ether oxygens (including phenoxy) is 1. The lowest BCUT2D eigenvalue weighted by atomic mass is 9.82. The number of hydrogen-bond acceptors (Lipinski definition) is 3. The maximum absolute atomic E-state index is 14.4. The first-order valence-electron chi connectivity index (χ1n) is 14.0. The fourth-order valence-corrected chi connectivity index (χ4v) is 4.25. The molecule has 0 aliphatic rings. The average Bonchev–Trinajstić information content (AvgIpc) is 3.02. The van der Waals surface area contributed by atoms with Crippen LogP contribution in [0.15, 0.2) is 0 Å². The topological polar surface area (TPSA) is 43.4 Å². The van der Waals surface area contributed by atoms with Gasteiger partial charge in [0.25, 0.3) is 6.47 Å². The third kappa shape index (κ3) is 7.70. The Morgan fingerprint density at radius 3 is 0.787 bits per heavy atom. The molecule has 0 saturated carbocycles. The van der Waals surface area contributed by atoms with Crippen LogP contribution in [0.5, 0.6) is 0 Å². The van der Waals surface area contributed by atoms with Gasteiger partial charge in [0.05, 0.1) is 20.5 Å². The first-order valence-corrected chi connectivity index (χ1v) is 14.0. The van der Waals surface area contributed by atoms with Crippen LogP contribution < -0.4 is 0 Å². The van der Waals surface area contributed by atoms with Crippen LogP contribution in [0.25, 0.3) is 0 Å². The Hall–Kier alpha value is -3.21. The molecule has 0 aromatic heterocycles. The monoisotopic (exact) mass is 992 g/mol. The van der Waals surface area contributed by atoms with Crippen molar-refractivity contribution >= 4 is 12.8 Å². The van der Waals surface area contributed by atoms with Crippen molar-refractivity contribution in [1.29, 1.82) is 0 Å². The number of carbonyl (C=O) groups is 2. The number of quaternary nitrogens is 1. The van der Waals surface area contributed by atoms with E-state index in [1.165, 1.54) is 0 Å². The van der Waals surface area contributed by atoms with Crippen LogP contribution in [-0.2, 0) is 14.3 Å². The first-order chi connectivity index (χ1) is 25.9. The molecule has 0 rings (SSSR count). The van der Waals surface area contributed by atoms with Gasteiger partial charge in [0.15, 0.2) is 12.4 Å². The quantitative estimate of drug-likeness (QED) is 0.0617. The van der Waals surface area contributed by atoms with Gasteiger partial charge in [-0.15, -0.1) is 0 Å². The summed E-state index contributed by atoms with van der Waals surface area (Å²) in [7, 11) is 1.43. The molecule has 0 saturated heterocycles. The summed E-state index contributed by atoms with van der Waals surface area (Å²) in [6, 6.07) is 0. The van der Waals surface area contributed by atoms with Crippen LogP contribution in [0, 0.1) is 0 Å². The minimum atomic E-state index is -10.3. The predicted molar refractivity (Wildman–Crippen MR) is 124 cm³/mol. The van der Waals surface area contributed by atoms with Gasteiger partial charge in [-0.2, -0.15) is 145 Å². The molecule has 0 fully saturated rings. The molecule has 0 spiro atoms. The number of likely N-dealkylation sites (N-methyl/N-ethyl adjacent to an activating group) is 1. The van der Waals surface area contributed by atoms with Crippen molar-refractivity contribution < 1.29 is 164 Å². The minimum absolute atomic E-state index is 0.134. The number of halogens is 33. The Bertz CT molecular complexity index is 1580. The summed E-state index contributed by atoms with van der Waals surface area (Å²) < 4.78 is 457. The van der Waals surface area contributed by atoms with E-state index in [1.807, 2.05) is 0 Å². The van der Waals surface area contributed by atoms with Gasteiger partial charge < -0.3 is 9.22 Å². The molecule has 0 aliphatic heterocycles. The highest BCUT2D eigenvalue weighted by atomic mass is 19.4. The SMILES string of the molecule is C[N+](C)(CC=O)CC(CC(F)(F)C(F)(F)C(F)(F)C(F)(F)C(F)(F)C(F)(F)C(F)(F)C(F)(F)C(F)(F)C(F)(F)C(F)(F)C(F)(F)C(F)(F)C(F)(F)C(F)(F)C(F)(F)F)OC=O. The Kier molecular flexibility index (Phi) is 14.4. The molecule has 0 aromatic rings. The van der Waals surface area contributed by atoms with Gasteiger partial charge in [0.1, 0.15) is 13.1 Å². The third-order valence-electron chi connectivity index (χ3n) is 7.94. The van der Waals surface area contributed by atoms with Crippen LogP contribution in [0.4, 0.5) is 145 Å². The van der Waals surface area contributed by atoms with Crippen molar-refractivity contribution in [3.63, 3.8) is 0 Å². The molecule has 1 unspecified atom stereocenters. The first kappa shape index (κ1) is 57.8. The summed E-state index contributed by atoms with van der Waals surface area (Å²) in [5.41, 5.74) is 0. The molecule has 0 bridgehead atoms. The molecule has 0 N–H and O–H groups in total. The molecule has 0 aliphatic carbocycles. The second-order valence-corrected chi connectivity index (χ2v) is 12.8. The highest BCUT2D eigenvalue weighted by molar-refractivity contribution is 5.50. The van der Waals surface area contributed by atoms with Crippen LogP contribution in [0.2, 0.25) is 0 Å². The lowest BCUT2D eigenvalue weighted by Gasteiger charge is -2.47. The number of rotatable bonds is 22. The number of aldehydes is 1. The number of nitrogens with zero attached hydrogens (tertiary/aromatic N) is 1. The zero-order valence-electron chi connectivity index (χ0n) is 28.0. The van der Waals surface area contributed by atoms with E-state index in [1.54, 1.807) is 0 Å². The zero-order valence-corrected chi connectivity index (χ0v) is 28.0. The van der Waals surface area contributed by atoms with Gasteiger partial charge in [-0.05, 0) is 0 Å².